The summed E-state index contributed by atoms with van der Waals surface area (Å²) in [6.45, 7) is 3.08. The molecule has 122 valence electrons. The van der Waals surface area contributed by atoms with Crippen LogP contribution in [0.15, 0.2) is 18.2 Å². The second-order valence-electron chi connectivity index (χ2n) is 5.82. The standard InChI is InChI=1S/C18H27NO3/c1-4-15-7-5-6-12-19(15)18(20)11-8-14-13-16(21-2)9-10-17(14)22-3/h9-10,13,15H,4-8,11-12H2,1-3H3. The van der Waals surface area contributed by atoms with Crippen LogP contribution >= 0.6 is 0 Å². The van der Waals surface area contributed by atoms with Crippen LogP contribution in [0.5, 0.6) is 11.5 Å². The van der Waals surface area contributed by atoms with Crippen LogP contribution in [0.3, 0.4) is 0 Å². The maximum absolute atomic E-state index is 12.5. The number of piperidine rings is 1. The van der Waals surface area contributed by atoms with Crippen molar-refractivity contribution in [1.82, 2.24) is 4.90 Å². The molecule has 2 rings (SSSR count). The van der Waals surface area contributed by atoms with E-state index in [1.807, 2.05) is 18.2 Å². The van der Waals surface area contributed by atoms with Crippen LogP contribution in [0.4, 0.5) is 0 Å². The van der Waals surface area contributed by atoms with Gasteiger partial charge in [0, 0.05) is 19.0 Å². The lowest BCUT2D eigenvalue weighted by molar-refractivity contribution is -0.134. The molecule has 1 saturated heterocycles. The fourth-order valence-corrected chi connectivity index (χ4v) is 3.22. The zero-order valence-electron chi connectivity index (χ0n) is 13.9. The summed E-state index contributed by atoms with van der Waals surface area (Å²) in [5, 5.41) is 0. The maximum Gasteiger partial charge on any atom is 0.223 e. The molecule has 1 aliphatic heterocycles. The van der Waals surface area contributed by atoms with E-state index in [1.165, 1.54) is 6.42 Å². The lowest BCUT2D eigenvalue weighted by Gasteiger charge is -2.35. The molecule has 0 aromatic heterocycles. The van der Waals surface area contributed by atoms with Gasteiger partial charge < -0.3 is 14.4 Å². The van der Waals surface area contributed by atoms with Gasteiger partial charge in [-0.25, -0.2) is 0 Å². The predicted molar refractivity (Wildman–Crippen MR) is 87.5 cm³/mol. The van der Waals surface area contributed by atoms with Gasteiger partial charge in [-0.3, -0.25) is 4.79 Å². The fraction of sp³-hybridized carbons (Fsp3) is 0.611. The van der Waals surface area contributed by atoms with Crippen molar-refractivity contribution >= 4 is 5.91 Å². The maximum atomic E-state index is 12.5. The average molecular weight is 305 g/mol. The molecule has 1 aromatic rings. The normalized spacial score (nSPS) is 18.1. The minimum Gasteiger partial charge on any atom is -0.497 e. The molecule has 1 fully saturated rings. The molecule has 0 bridgehead atoms. The first-order valence-electron chi connectivity index (χ1n) is 8.20. The highest BCUT2D eigenvalue weighted by molar-refractivity contribution is 5.77. The van der Waals surface area contributed by atoms with Crippen molar-refractivity contribution in [3.05, 3.63) is 23.8 Å². The van der Waals surface area contributed by atoms with Crippen molar-refractivity contribution < 1.29 is 14.3 Å². The number of carbonyl (C=O) groups is 1. The van der Waals surface area contributed by atoms with Crippen molar-refractivity contribution in [2.45, 2.75) is 51.5 Å². The molecule has 1 aromatic carbocycles. The number of likely N-dealkylation sites (tertiary alicyclic amines) is 1. The molecule has 1 amide bonds. The number of hydrogen-bond donors (Lipinski definition) is 0. The monoisotopic (exact) mass is 305 g/mol. The first-order valence-corrected chi connectivity index (χ1v) is 8.20. The van der Waals surface area contributed by atoms with Crippen LogP contribution in [0, 0.1) is 0 Å². The Kier molecular flexibility index (Phi) is 6.10. The van der Waals surface area contributed by atoms with Gasteiger partial charge in [0.1, 0.15) is 11.5 Å². The molecule has 0 aliphatic carbocycles. The van der Waals surface area contributed by atoms with Crippen molar-refractivity contribution in [2.75, 3.05) is 20.8 Å². The molecule has 1 heterocycles. The molecular weight excluding hydrogens is 278 g/mol. The predicted octanol–water partition coefficient (Wildman–Crippen LogP) is 3.43. The molecular formula is C18H27NO3. The molecule has 1 unspecified atom stereocenters. The zero-order chi connectivity index (χ0) is 15.9. The lowest BCUT2D eigenvalue weighted by atomic mass is 9.99. The Hall–Kier alpha value is -1.71. The van der Waals surface area contributed by atoms with Gasteiger partial charge in [-0.15, -0.1) is 0 Å². The van der Waals surface area contributed by atoms with Crippen LogP contribution in [-0.2, 0) is 11.2 Å². The fourth-order valence-electron chi connectivity index (χ4n) is 3.22. The Morgan fingerprint density at radius 3 is 2.77 bits per heavy atom. The second kappa shape index (κ2) is 8.06. The van der Waals surface area contributed by atoms with Gasteiger partial charge in [-0.2, -0.15) is 0 Å². The van der Waals surface area contributed by atoms with Gasteiger partial charge in [-0.1, -0.05) is 6.92 Å². The van der Waals surface area contributed by atoms with Crippen molar-refractivity contribution in [3.63, 3.8) is 0 Å². The number of nitrogens with zero attached hydrogens (tertiary/aromatic N) is 1. The largest absolute Gasteiger partial charge is 0.497 e. The molecule has 4 nitrogen and oxygen atoms in total. The Labute approximate surface area is 133 Å². The molecule has 0 N–H and O–H groups in total. The summed E-state index contributed by atoms with van der Waals surface area (Å²) >= 11 is 0. The molecule has 4 heteroatoms. The highest BCUT2D eigenvalue weighted by atomic mass is 16.5. The summed E-state index contributed by atoms with van der Waals surface area (Å²) in [6, 6.07) is 6.16. The van der Waals surface area contributed by atoms with E-state index in [9.17, 15) is 4.79 Å². The zero-order valence-corrected chi connectivity index (χ0v) is 13.9. The van der Waals surface area contributed by atoms with Crippen LogP contribution in [-0.4, -0.2) is 37.6 Å². The van der Waals surface area contributed by atoms with Crippen molar-refractivity contribution in [1.29, 1.82) is 0 Å². The summed E-state index contributed by atoms with van der Waals surface area (Å²) < 4.78 is 10.6. The van der Waals surface area contributed by atoms with Gasteiger partial charge in [0.05, 0.1) is 14.2 Å². The molecule has 22 heavy (non-hydrogen) atoms. The Bertz CT molecular complexity index is 501. The minimum absolute atomic E-state index is 0.261. The van der Waals surface area contributed by atoms with E-state index in [4.69, 9.17) is 9.47 Å². The van der Waals surface area contributed by atoms with Gasteiger partial charge in [0.15, 0.2) is 0 Å². The number of methoxy groups -OCH3 is 2. The number of rotatable bonds is 6. The molecule has 1 atom stereocenters. The van der Waals surface area contributed by atoms with Crippen LogP contribution in [0.2, 0.25) is 0 Å². The molecule has 1 aliphatic rings. The summed E-state index contributed by atoms with van der Waals surface area (Å²) in [6.07, 6.45) is 5.78. The Balaban J connectivity index is 2.01. The third-order valence-electron chi connectivity index (χ3n) is 4.51. The van der Waals surface area contributed by atoms with E-state index < -0.39 is 0 Å². The van der Waals surface area contributed by atoms with E-state index in [-0.39, 0.29) is 5.91 Å². The van der Waals surface area contributed by atoms with Crippen molar-refractivity contribution in [2.24, 2.45) is 0 Å². The first kappa shape index (κ1) is 16.7. The van der Waals surface area contributed by atoms with Gasteiger partial charge in [0.25, 0.3) is 0 Å². The van der Waals surface area contributed by atoms with E-state index in [1.54, 1.807) is 14.2 Å². The van der Waals surface area contributed by atoms with Crippen molar-refractivity contribution in [3.8, 4) is 11.5 Å². The van der Waals surface area contributed by atoms with Crippen LogP contribution in [0.1, 0.15) is 44.6 Å². The van der Waals surface area contributed by atoms with E-state index >= 15 is 0 Å². The summed E-state index contributed by atoms with van der Waals surface area (Å²) in [7, 11) is 3.31. The number of aryl methyl sites for hydroxylation is 1. The topological polar surface area (TPSA) is 38.8 Å². The average Bonchev–Trinajstić information content (AvgIpc) is 2.59. The Morgan fingerprint density at radius 1 is 1.27 bits per heavy atom. The first-order chi connectivity index (χ1) is 10.7. The van der Waals surface area contributed by atoms with E-state index in [0.29, 0.717) is 18.9 Å². The highest BCUT2D eigenvalue weighted by Gasteiger charge is 2.25. The third kappa shape index (κ3) is 3.93. The third-order valence-corrected chi connectivity index (χ3v) is 4.51. The molecule has 0 radical (unpaired) electrons. The van der Waals surface area contributed by atoms with E-state index in [0.717, 1.165) is 42.9 Å². The highest BCUT2D eigenvalue weighted by Crippen LogP contribution is 2.26. The van der Waals surface area contributed by atoms with Gasteiger partial charge in [0.2, 0.25) is 5.91 Å². The SMILES string of the molecule is CCC1CCCCN1C(=O)CCc1cc(OC)ccc1OC. The lowest BCUT2D eigenvalue weighted by Crippen LogP contribution is -2.43. The number of ether oxygens (including phenoxy) is 2. The molecule has 0 spiro atoms. The number of hydrogen-bond acceptors (Lipinski definition) is 3. The summed E-state index contributed by atoms with van der Waals surface area (Å²) in [5.41, 5.74) is 1.03. The summed E-state index contributed by atoms with van der Waals surface area (Å²) in [4.78, 5) is 14.6. The Morgan fingerprint density at radius 2 is 2.09 bits per heavy atom. The smallest absolute Gasteiger partial charge is 0.223 e. The molecule has 0 saturated carbocycles. The summed E-state index contributed by atoms with van der Waals surface area (Å²) in [5.74, 6) is 1.88. The second-order valence-corrected chi connectivity index (χ2v) is 5.82. The van der Waals surface area contributed by atoms with Gasteiger partial charge >= 0.3 is 0 Å². The van der Waals surface area contributed by atoms with Gasteiger partial charge in [-0.05, 0) is 55.9 Å². The van der Waals surface area contributed by atoms with Crippen LogP contribution in [0.25, 0.3) is 0 Å². The quantitative estimate of drug-likeness (QED) is 0.808. The van der Waals surface area contributed by atoms with E-state index in [2.05, 4.69) is 11.8 Å². The number of benzene rings is 1. The minimum atomic E-state index is 0.261. The number of carbonyl (C=O) groups excluding carboxylic acids is 1. The number of amides is 1. The van der Waals surface area contributed by atoms with Crippen LogP contribution < -0.4 is 9.47 Å².